The highest BCUT2D eigenvalue weighted by Gasteiger charge is 2.35. The molecule has 7 nitrogen and oxygen atoms in total. The Hall–Kier alpha value is -1.31. The standard InChI is InChI=1S/C13H15Cl3N6O/c14-13(15,16)12(20-8-23)22-7-19-9-10(17-6-18-11(9)22)21-4-2-1-3-5-21/h6-8,12H,1-5H2,(H,20,23)/t12-/m1/s1. The normalized spacial score (nSPS) is 17.3. The number of piperidine rings is 1. The molecule has 0 saturated carbocycles. The van der Waals surface area contributed by atoms with E-state index in [9.17, 15) is 4.79 Å². The molecule has 1 fully saturated rings. The zero-order valence-electron chi connectivity index (χ0n) is 12.1. The van der Waals surface area contributed by atoms with Crippen molar-refractivity contribution in [3.63, 3.8) is 0 Å². The van der Waals surface area contributed by atoms with Crippen LogP contribution in [0.2, 0.25) is 0 Å². The number of imidazole rings is 1. The lowest BCUT2D eigenvalue weighted by molar-refractivity contribution is -0.110. The third kappa shape index (κ3) is 3.32. The summed E-state index contributed by atoms with van der Waals surface area (Å²) in [7, 11) is 0. The predicted molar refractivity (Wildman–Crippen MR) is 89.9 cm³/mol. The van der Waals surface area contributed by atoms with Crippen molar-refractivity contribution in [2.24, 2.45) is 0 Å². The molecule has 0 aliphatic carbocycles. The van der Waals surface area contributed by atoms with E-state index in [1.807, 2.05) is 0 Å². The van der Waals surface area contributed by atoms with Crippen LogP contribution in [0.5, 0.6) is 0 Å². The highest BCUT2D eigenvalue weighted by atomic mass is 35.6. The van der Waals surface area contributed by atoms with Crippen LogP contribution in [0.15, 0.2) is 12.7 Å². The van der Waals surface area contributed by atoms with Crippen molar-refractivity contribution < 1.29 is 4.79 Å². The molecule has 23 heavy (non-hydrogen) atoms. The molecule has 2 aromatic heterocycles. The van der Waals surface area contributed by atoms with Gasteiger partial charge < -0.3 is 10.2 Å². The average molecular weight is 378 g/mol. The second kappa shape index (κ2) is 6.67. The van der Waals surface area contributed by atoms with Crippen molar-refractivity contribution in [2.45, 2.75) is 29.2 Å². The molecule has 3 heterocycles. The number of alkyl halides is 3. The first kappa shape index (κ1) is 16.5. The highest BCUT2D eigenvalue weighted by Crippen LogP contribution is 2.38. The van der Waals surface area contributed by atoms with Gasteiger partial charge in [0.1, 0.15) is 6.33 Å². The summed E-state index contributed by atoms with van der Waals surface area (Å²) >= 11 is 17.9. The molecule has 1 atom stereocenters. The molecule has 124 valence electrons. The minimum Gasteiger partial charge on any atom is -0.355 e. The number of fused-ring (bicyclic) bond motifs is 1. The summed E-state index contributed by atoms with van der Waals surface area (Å²) < 4.78 is -0.212. The summed E-state index contributed by atoms with van der Waals surface area (Å²) in [6.45, 7) is 1.86. The van der Waals surface area contributed by atoms with Crippen molar-refractivity contribution in [1.82, 2.24) is 24.8 Å². The number of halogens is 3. The first-order chi connectivity index (χ1) is 11.0. The van der Waals surface area contributed by atoms with Gasteiger partial charge in [-0.25, -0.2) is 15.0 Å². The summed E-state index contributed by atoms with van der Waals surface area (Å²) in [6, 6.07) is 0. The molecule has 1 aliphatic rings. The number of nitrogens with one attached hydrogen (secondary N) is 1. The molecule has 0 bridgehead atoms. The Morgan fingerprint density at radius 3 is 2.57 bits per heavy atom. The Balaban J connectivity index is 2.05. The van der Waals surface area contributed by atoms with Gasteiger partial charge >= 0.3 is 0 Å². The first-order valence-electron chi connectivity index (χ1n) is 7.21. The lowest BCUT2D eigenvalue weighted by Gasteiger charge is -2.28. The zero-order valence-corrected chi connectivity index (χ0v) is 14.4. The zero-order chi connectivity index (χ0) is 16.4. The maximum atomic E-state index is 10.8. The van der Waals surface area contributed by atoms with Crippen molar-refractivity contribution in [3.05, 3.63) is 12.7 Å². The van der Waals surface area contributed by atoms with Crippen molar-refractivity contribution >= 4 is 58.2 Å². The summed E-state index contributed by atoms with van der Waals surface area (Å²) in [5, 5.41) is 2.49. The summed E-state index contributed by atoms with van der Waals surface area (Å²) in [6.07, 6.45) is 5.98. The molecular formula is C13H15Cl3N6O. The molecule has 2 aromatic rings. The fraction of sp³-hybridized carbons (Fsp3) is 0.538. The molecule has 0 unspecified atom stereocenters. The molecule has 1 saturated heterocycles. The van der Waals surface area contributed by atoms with Crippen LogP contribution in [0.1, 0.15) is 25.4 Å². The fourth-order valence-corrected chi connectivity index (χ4v) is 3.27. The van der Waals surface area contributed by atoms with E-state index in [2.05, 4.69) is 25.2 Å². The van der Waals surface area contributed by atoms with E-state index in [1.54, 1.807) is 0 Å². The van der Waals surface area contributed by atoms with E-state index in [-0.39, 0.29) is 0 Å². The third-order valence-corrected chi connectivity index (χ3v) is 4.43. The number of rotatable bonds is 4. The van der Waals surface area contributed by atoms with Gasteiger partial charge in [0, 0.05) is 13.1 Å². The van der Waals surface area contributed by atoms with Crippen LogP contribution in [0.3, 0.4) is 0 Å². The first-order valence-corrected chi connectivity index (χ1v) is 8.34. The van der Waals surface area contributed by atoms with Gasteiger partial charge in [-0.15, -0.1) is 0 Å². The number of carbonyl (C=O) groups is 1. The number of amides is 1. The minimum absolute atomic E-state index is 0.477. The molecule has 0 radical (unpaired) electrons. The Morgan fingerprint density at radius 2 is 1.91 bits per heavy atom. The second-order valence-electron chi connectivity index (χ2n) is 5.30. The quantitative estimate of drug-likeness (QED) is 0.654. The molecular weight excluding hydrogens is 363 g/mol. The van der Waals surface area contributed by atoms with Crippen molar-refractivity contribution in [2.75, 3.05) is 18.0 Å². The van der Waals surface area contributed by atoms with Gasteiger partial charge in [-0.05, 0) is 19.3 Å². The van der Waals surface area contributed by atoms with E-state index in [0.717, 1.165) is 31.7 Å². The van der Waals surface area contributed by atoms with Gasteiger partial charge in [-0.1, -0.05) is 34.8 Å². The largest absolute Gasteiger partial charge is 0.355 e. The monoisotopic (exact) mass is 376 g/mol. The van der Waals surface area contributed by atoms with Gasteiger partial charge in [0.2, 0.25) is 10.2 Å². The SMILES string of the molecule is O=CN[C@H](n1cnc2c(N3CCCCC3)ncnc21)C(Cl)(Cl)Cl. The Kier molecular flexibility index (Phi) is 4.79. The molecule has 1 amide bonds. The van der Waals surface area contributed by atoms with E-state index in [1.165, 1.54) is 23.6 Å². The molecule has 1 N–H and O–H groups in total. The number of aromatic nitrogens is 4. The van der Waals surface area contributed by atoms with Gasteiger partial charge in [0.25, 0.3) is 0 Å². The average Bonchev–Trinajstić information content (AvgIpc) is 2.96. The minimum atomic E-state index is -1.75. The molecule has 3 rings (SSSR count). The predicted octanol–water partition coefficient (Wildman–Crippen LogP) is 2.43. The van der Waals surface area contributed by atoms with Gasteiger partial charge in [-0.2, -0.15) is 0 Å². The maximum absolute atomic E-state index is 10.8. The van der Waals surface area contributed by atoms with Crippen LogP contribution in [-0.2, 0) is 4.79 Å². The summed E-state index contributed by atoms with van der Waals surface area (Å²) in [5.74, 6) is 0.766. The lowest BCUT2D eigenvalue weighted by atomic mass is 10.1. The number of nitrogens with zero attached hydrogens (tertiary/aromatic N) is 5. The fourth-order valence-electron chi connectivity index (χ4n) is 2.76. The lowest BCUT2D eigenvalue weighted by Crippen LogP contribution is -2.35. The molecule has 10 heteroatoms. The van der Waals surface area contributed by atoms with Crippen LogP contribution in [0.25, 0.3) is 11.2 Å². The number of hydrogen-bond acceptors (Lipinski definition) is 5. The van der Waals surface area contributed by atoms with Crippen molar-refractivity contribution in [3.8, 4) is 0 Å². The molecule has 1 aliphatic heterocycles. The summed E-state index contributed by atoms with van der Waals surface area (Å²) in [5.41, 5.74) is 1.13. The smallest absolute Gasteiger partial charge is 0.229 e. The van der Waals surface area contributed by atoms with Gasteiger partial charge in [-0.3, -0.25) is 9.36 Å². The van der Waals surface area contributed by atoms with E-state index in [0.29, 0.717) is 17.6 Å². The Morgan fingerprint density at radius 1 is 1.17 bits per heavy atom. The van der Waals surface area contributed by atoms with E-state index >= 15 is 0 Å². The van der Waals surface area contributed by atoms with Crippen LogP contribution < -0.4 is 10.2 Å². The van der Waals surface area contributed by atoms with Crippen LogP contribution in [0, 0.1) is 0 Å². The number of anilines is 1. The van der Waals surface area contributed by atoms with E-state index in [4.69, 9.17) is 34.8 Å². The maximum Gasteiger partial charge on any atom is 0.229 e. The third-order valence-electron chi connectivity index (χ3n) is 3.81. The molecule has 0 spiro atoms. The highest BCUT2D eigenvalue weighted by molar-refractivity contribution is 6.67. The number of hydrogen-bond donors (Lipinski definition) is 1. The van der Waals surface area contributed by atoms with Crippen LogP contribution >= 0.6 is 34.8 Å². The van der Waals surface area contributed by atoms with E-state index < -0.39 is 9.96 Å². The van der Waals surface area contributed by atoms with Crippen LogP contribution in [0.4, 0.5) is 5.82 Å². The second-order valence-corrected chi connectivity index (χ2v) is 7.67. The van der Waals surface area contributed by atoms with Crippen molar-refractivity contribution in [1.29, 1.82) is 0 Å². The Bertz CT molecular complexity index is 695. The van der Waals surface area contributed by atoms with Gasteiger partial charge in [0.05, 0.1) is 6.33 Å². The summed E-state index contributed by atoms with van der Waals surface area (Å²) in [4.78, 5) is 26.0. The topological polar surface area (TPSA) is 75.9 Å². The van der Waals surface area contributed by atoms with Crippen LogP contribution in [-0.4, -0.2) is 42.8 Å². The van der Waals surface area contributed by atoms with Gasteiger partial charge in [0.15, 0.2) is 23.1 Å². The molecule has 0 aromatic carbocycles. The number of carbonyl (C=O) groups excluding carboxylic acids is 1. The Labute approximate surface area is 147 Å².